The molecule has 2 rings (SSSR count). The number of halogens is 1. The zero-order valence-electron chi connectivity index (χ0n) is 9.74. The molecular formula is C12H16BrN3O. The molecule has 1 aliphatic heterocycles. The van der Waals surface area contributed by atoms with Crippen LogP contribution in [0.15, 0.2) is 22.8 Å². The molecule has 1 aromatic heterocycles. The van der Waals surface area contributed by atoms with Gasteiger partial charge in [-0.25, -0.2) is 4.98 Å². The predicted octanol–water partition coefficient (Wildman–Crippen LogP) is 1.57. The van der Waals surface area contributed by atoms with E-state index < -0.39 is 0 Å². The zero-order valence-corrected chi connectivity index (χ0v) is 11.3. The number of rotatable bonds is 2. The van der Waals surface area contributed by atoms with Gasteiger partial charge in [0, 0.05) is 16.7 Å². The fourth-order valence-electron chi connectivity index (χ4n) is 1.98. The number of hydrogen-bond acceptors (Lipinski definition) is 3. The first kappa shape index (κ1) is 12.5. The average molecular weight is 298 g/mol. The van der Waals surface area contributed by atoms with E-state index in [1.54, 1.807) is 12.3 Å². The van der Waals surface area contributed by atoms with Crippen LogP contribution in [-0.2, 0) is 0 Å². The highest BCUT2D eigenvalue weighted by molar-refractivity contribution is 9.10. The second-order valence-corrected chi connectivity index (χ2v) is 5.33. The number of carbonyl (C=O) groups excluding carboxylic acids is 1. The van der Waals surface area contributed by atoms with Crippen LogP contribution in [0.2, 0.25) is 0 Å². The van der Waals surface area contributed by atoms with Gasteiger partial charge in [0.2, 0.25) is 0 Å². The van der Waals surface area contributed by atoms with Crippen molar-refractivity contribution in [2.24, 2.45) is 5.92 Å². The van der Waals surface area contributed by atoms with Crippen molar-refractivity contribution in [1.29, 1.82) is 0 Å². The highest BCUT2D eigenvalue weighted by atomic mass is 79.9. The SMILES string of the molecule is CC1CNCCC1NC(=O)c1ccc(Br)cn1. The van der Waals surface area contributed by atoms with E-state index in [4.69, 9.17) is 0 Å². The first-order chi connectivity index (χ1) is 8.16. The molecule has 0 spiro atoms. The summed E-state index contributed by atoms with van der Waals surface area (Å²) < 4.78 is 0.879. The number of carbonyl (C=O) groups is 1. The molecule has 1 saturated heterocycles. The standard InChI is InChI=1S/C12H16BrN3O/c1-8-6-14-5-4-10(8)16-12(17)11-3-2-9(13)7-15-11/h2-3,7-8,10,14H,4-6H2,1H3,(H,16,17). The summed E-state index contributed by atoms with van der Waals surface area (Å²) in [6.07, 6.45) is 2.62. The van der Waals surface area contributed by atoms with Crippen molar-refractivity contribution >= 4 is 21.8 Å². The zero-order chi connectivity index (χ0) is 12.3. The minimum atomic E-state index is -0.0868. The Kier molecular flexibility index (Phi) is 4.12. The lowest BCUT2D eigenvalue weighted by Gasteiger charge is -2.30. The molecule has 2 atom stereocenters. The number of nitrogens with zero attached hydrogens (tertiary/aromatic N) is 1. The van der Waals surface area contributed by atoms with Gasteiger partial charge in [-0.3, -0.25) is 4.79 Å². The highest BCUT2D eigenvalue weighted by Gasteiger charge is 2.23. The Morgan fingerprint density at radius 3 is 3.06 bits per heavy atom. The van der Waals surface area contributed by atoms with E-state index in [2.05, 4.69) is 38.5 Å². The number of amides is 1. The number of pyridine rings is 1. The first-order valence-electron chi connectivity index (χ1n) is 5.80. The minimum Gasteiger partial charge on any atom is -0.348 e. The Labute approximate surface area is 109 Å². The Balaban J connectivity index is 1.98. The van der Waals surface area contributed by atoms with E-state index in [1.165, 1.54) is 0 Å². The molecule has 1 aliphatic rings. The van der Waals surface area contributed by atoms with Crippen LogP contribution in [0.25, 0.3) is 0 Å². The van der Waals surface area contributed by atoms with Crippen LogP contribution in [0.1, 0.15) is 23.8 Å². The van der Waals surface area contributed by atoms with Crippen LogP contribution in [0.4, 0.5) is 0 Å². The summed E-state index contributed by atoms with van der Waals surface area (Å²) in [5.74, 6) is 0.374. The number of hydrogen-bond donors (Lipinski definition) is 2. The third kappa shape index (κ3) is 3.26. The Hall–Kier alpha value is -0.940. The number of piperidine rings is 1. The lowest BCUT2D eigenvalue weighted by molar-refractivity contribution is 0.0909. The first-order valence-corrected chi connectivity index (χ1v) is 6.59. The maximum absolute atomic E-state index is 12.0. The quantitative estimate of drug-likeness (QED) is 0.871. The largest absolute Gasteiger partial charge is 0.348 e. The third-order valence-corrected chi connectivity index (χ3v) is 3.53. The second kappa shape index (κ2) is 5.60. The molecule has 2 heterocycles. The van der Waals surface area contributed by atoms with Gasteiger partial charge in [-0.05, 0) is 53.5 Å². The van der Waals surface area contributed by atoms with Gasteiger partial charge in [0.25, 0.3) is 5.91 Å². The van der Waals surface area contributed by atoms with Gasteiger partial charge in [-0.15, -0.1) is 0 Å². The topological polar surface area (TPSA) is 54.0 Å². The van der Waals surface area contributed by atoms with Gasteiger partial charge in [0.15, 0.2) is 0 Å². The fraction of sp³-hybridized carbons (Fsp3) is 0.500. The van der Waals surface area contributed by atoms with E-state index in [9.17, 15) is 4.79 Å². The van der Waals surface area contributed by atoms with Crippen molar-refractivity contribution < 1.29 is 4.79 Å². The maximum atomic E-state index is 12.0. The Bertz CT molecular complexity index is 393. The maximum Gasteiger partial charge on any atom is 0.270 e. The Morgan fingerprint density at radius 2 is 2.41 bits per heavy atom. The summed E-state index contributed by atoms with van der Waals surface area (Å²) in [6.45, 7) is 4.06. The second-order valence-electron chi connectivity index (χ2n) is 4.41. The van der Waals surface area contributed by atoms with Crippen molar-refractivity contribution in [2.45, 2.75) is 19.4 Å². The molecular weight excluding hydrogens is 282 g/mol. The highest BCUT2D eigenvalue weighted by Crippen LogP contribution is 2.12. The molecule has 0 radical (unpaired) electrons. The molecule has 92 valence electrons. The lowest BCUT2D eigenvalue weighted by atomic mass is 9.95. The third-order valence-electron chi connectivity index (χ3n) is 3.06. The van der Waals surface area contributed by atoms with E-state index in [0.29, 0.717) is 11.6 Å². The van der Waals surface area contributed by atoms with E-state index in [1.807, 2.05) is 6.07 Å². The van der Waals surface area contributed by atoms with Crippen LogP contribution in [-0.4, -0.2) is 30.0 Å². The predicted molar refractivity (Wildman–Crippen MR) is 69.8 cm³/mol. The lowest BCUT2D eigenvalue weighted by Crippen LogP contribution is -2.48. The molecule has 1 amide bonds. The van der Waals surface area contributed by atoms with Crippen LogP contribution in [0.5, 0.6) is 0 Å². The molecule has 2 unspecified atom stereocenters. The van der Waals surface area contributed by atoms with Gasteiger partial charge in [0.05, 0.1) is 0 Å². The summed E-state index contributed by atoms with van der Waals surface area (Å²) in [7, 11) is 0. The van der Waals surface area contributed by atoms with E-state index >= 15 is 0 Å². The molecule has 0 aromatic carbocycles. The molecule has 0 aliphatic carbocycles. The van der Waals surface area contributed by atoms with Gasteiger partial charge >= 0.3 is 0 Å². The summed E-state index contributed by atoms with van der Waals surface area (Å²) in [4.78, 5) is 16.1. The number of nitrogens with one attached hydrogen (secondary N) is 2. The van der Waals surface area contributed by atoms with Crippen molar-refractivity contribution in [3.8, 4) is 0 Å². The van der Waals surface area contributed by atoms with Crippen molar-refractivity contribution in [3.05, 3.63) is 28.5 Å². The average Bonchev–Trinajstić information content (AvgIpc) is 2.33. The smallest absolute Gasteiger partial charge is 0.270 e. The minimum absolute atomic E-state index is 0.0868. The molecule has 1 fully saturated rings. The summed E-state index contributed by atoms with van der Waals surface area (Å²) in [6, 6.07) is 3.80. The van der Waals surface area contributed by atoms with Gasteiger partial charge in [0.1, 0.15) is 5.69 Å². The molecule has 0 bridgehead atoms. The van der Waals surface area contributed by atoms with Crippen LogP contribution >= 0.6 is 15.9 Å². The van der Waals surface area contributed by atoms with Crippen LogP contribution in [0.3, 0.4) is 0 Å². The Morgan fingerprint density at radius 1 is 1.59 bits per heavy atom. The van der Waals surface area contributed by atoms with E-state index in [0.717, 1.165) is 24.0 Å². The van der Waals surface area contributed by atoms with Crippen molar-refractivity contribution in [1.82, 2.24) is 15.6 Å². The normalized spacial score (nSPS) is 24.4. The molecule has 4 nitrogen and oxygen atoms in total. The van der Waals surface area contributed by atoms with Crippen molar-refractivity contribution in [2.75, 3.05) is 13.1 Å². The van der Waals surface area contributed by atoms with Gasteiger partial charge in [-0.2, -0.15) is 0 Å². The fourth-order valence-corrected chi connectivity index (χ4v) is 2.22. The summed E-state index contributed by atoms with van der Waals surface area (Å²) >= 11 is 3.30. The van der Waals surface area contributed by atoms with Crippen LogP contribution in [0, 0.1) is 5.92 Å². The summed E-state index contributed by atoms with van der Waals surface area (Å²) in [5.41, 5.74) is 0.471. The summed E-state index contributed by atoms with van der Waals surface area (Å²) in [5, 5.41) is 6.36. The van der Waals surface area contributed by atoms with Crippen LogP contribution < -0.4 is 10.6 Å². The molecule has 2 N–H and O–H groups in total. The van der Waals surface area contributed by atoms with Gasteiger partial charge in [-0.1, -0.05) is 6.92 Å². The van der Waals surface area contributed by atoms with E-state index in [-0.39, 0.29) is 11.9 Å². The molecule has 17 heavy (non-hydrogen) atoms. The van der Waals surface area contributed by atoms with Crippen molar-refractivity contribution in [3.63, 3.8) is 0 Å². The molecule has 1 aromatic rings. The molecule has 5 heteroatoms. The van der Waals surface area contributed by atoms with Gasteiger partial charge < -0.3 is 10.6 Å². The molecule has 0 saturated carbocycles. The number of aromatic nitrogens is 1. The monoisotopic (exact) mass is 297 g/mol.